The SMILES string of the molecule is CC(NC(C)(C)C1CCCC1)c1nccs1. The lowest BCUT2D eigenvalue weighted by molar-refractivity contribution is 0.234. The first-order valence-corrected chi connectivity index (χ1v) is 7.14. The zero-order valence-corrected chi connectivity index (χ0v) is 11.3. The maximum atomic E-state index is 4.38. The Hall–Kier alpha value is -0.410. The number of rotatable bonds is 4. The second kappa shape index (κ2) is 4.84. The molecule has 3 heteroatoms. The molecule has 90 valence electrons. The molecule has 0 bridgehead atoms. The smallest absolute Gasteiger partial charge is 0.109 e. The van der Waals surface area contributed by atoms with Crippen LogP contribution in [0.3, 0.4) is 0 Å². The molecule has 1 N–H and O–H groups in total. The predicted octanol–water partition coefficient (Wildman–Crippen LogP) is 3.76. The lowest BCUT2D eigenvalue weighted by Gasteiger charge is -2.35. The molecule has 1 aliphatic rings. The molecule has 1 fully saturated rings. The van der Waals surface area contributed by atoms with Crippen LogP contribution in [0.4, 0.5) is 0 Å². The predicted molar refractivity (Wildman–Crippen MR) is 69.7 cm³/mol. The zero-order chi connectivity index (χ0) is 11.6. The number of hydrogen-bond acceptors (Lipinski definition) is 3. The molecule has 0 amide bonds. The normalized spacial score (nSPS) is 20.2. The molecule has 0 aromatic carbocycles. The highest BCUT2D eigenvalue weighted by Gasteiger charge is 2.33. The Morgan fingerprint density at radius 2 is 2.12 bits per heavy atom. The van der Waals surface area contributed by atoms with E-state index < -0.39 is 0 Å². The topological polar surface area (TPSA) is 24.9 Å². The van der Waals surface area contributed by atoms with E-state index in [-0.39, 0.29) is 5.54 Å². The van der Waals surface area contributed by atoms with Crippen molar-refractivity contribution in [1.29, 1.82) is 0 Å². The monoisotopic (exact) mass is 238 g/mol. The molecule has 0 spiro atoms. The molecule has 1 aliphatic carbocycles. The average molecular weight is 238 g/mol. The molecule has 1 saturated carbocycles. The molecule has 2 nitrogen and oxygen atoms in total. The summed E-state index contributed by atoms with van der Waals surface area (Å²) in [4.78, 5) is 4.38. The van der Waals surface area contributed by atoms with Crippen LogP contribution in [0, 0.1) is 5.92 Å². The van der Waals surface area contributed by atoms with Crippen LogP contribution in [0.2, 0.25) is 0 Å². The van der Waals surface area contributed by atoms with Crippen molar-refractivity contribution in [2.45, 2.75) is 58.0 Å². The van der Waals surface area contributed by atoms with Gasteiger partial charge in [0.1, 0.15) is 5.01 Å². The maximum absolute atomic E-state index is 4.38. The highest BCUT2D eigenvalue weighted by atomic mass is 32.1. The second-order valence-electron chi connectivity index (χ2n) is 5.44. The fourth-order valence-corrected chi connectivity index (χ4v) is 3.48. The number of thiazole rings is 1. The Kier molecular flexibility index (Phi) is 3.65. The minimum Gasteiger partial charge on any atom is -0.303 e. The van der Waals surface area contributed by atoms with Crippen LogP contribution in [0.25, 0.3) is 0 Å². The summed E-state index contributed by atoms with van der Waals surface area (Å²) in [5, 5.41) is 7.00. The summed E-state index contributed by atoms with van der Waals surface area (Å²) in [6.45, 7) is 6.90. The van der Waals surface area contributed by atoms with Crippen LogP contribution in [0.5, 0.6) is 0 Å². The van der Waals surface area contributed by atoms with Gasteiger partial charge < -0.3 is 5.32 Å². The van der Waals surface area contributed by atoms with E-state index in [0.29, 0.717) is 6.04 Å². The third-order valence-corrected chi connectivity index (χ3v) is 4.74. The van der Waals surface area contributed by atoms with E-state index in [1.54, 1.807) is 11.3 Å². The lowest BCUT2D eigenvalue weighted by Crippen LogP contribution is -2.46. The highest BCUT2D eigenvalue weighted by molar-refractivity contribution is 7.09. The van der Waals surface area contributed by atoms with Crippen molar-refractivity contribution in [2.75, 3.05) is 0 Å². The van der Waals surface area contributed by atoms with Gasteiger partial charge >= 0.3 is 0 Å². The first-order chi connectivity index (χ1) is 7.59. The first-order valence-electron chi connectivity index (χ1n) is 6.26. The largest absolute Gasteiger partial charge is 0.303 e. The van der Waals surface area contributed by atoms with Crippen molar-refractivity contribution in [3.05, 3.63) is 16.6 Å². The van der Waals surface area contributed by atoms with Crippen molar-refractivity contribution in [2.24, 2.45) is 5.92 Å². The van der Waals surface area contributed by atoms with Crippen molar-refractivity contribution < 1.29 is 0 Å². The van der Waals surface area contributed by atoms with Gasteiger partial charge in [0, 0.05) is 17.1 Å². The summed E-state index contributed by atoms with van der Waals surface area (Å²) in [6.07, 6.45) is 7.46. The highest BCUT2D eigenvalue weighted by Crippen LogP contribution is 2.35. The number of hydrogen-bond donors (Lipinski definition) is 1. The number of aromatic nitrogens is 1. The number of nitrogens with zero attached hydrogens (tertiary/aromatic N) is 1. The lowest BCUT2D eigenvalue weighted by atomic mass is 9.85. The van der Waals surface area contributed by atoms with Gasteiger partial charge in [-0.3, -0.25) is 0 Å². The van der Waals surface area contributed by atoms with Gasteiger partial charge in [0.2, 0.25) is 0 Å². The van der Waals surface area contributed by atoms with Gasteiger partial charge in [-0.2, -0.15) is 0 Å². The third kappa shape index (κ3) is 2.64. The number of nitrogens with one attached hydrogen (secondary N) is 1. The van der Waals surface area contributed by atoms with Gasteiger partial charge in [0.25, 0.3) is 0 Å². The van der Waals surface area contributed by atoms with Crippen molar-refractivity contribution in [3.63, 3.8) is 0 Å². The third-order valence-electron chi connectivity index (χ3n) is 3.79. The van der Waals surface area contributed by atoms with Crippen LogP contribution in [-0.2, 0) is 0 Å². The Bertz CT molecular complexity index is 313. The van der Waals surface area contributed by atoms with Crippen molar-refractivity contribution >= 4 is 11.3 Å². The van der Waals surface area contributed by atoms with Gasteiger partial charge in [-0.05, 0) is 39.5 Å². The molecular weight excluding hydrogens is 216 g/mol. The van der Waals surface area contributed by atoms with E-state index in [9.17, 15) is 0 Å². The van der Waals surface area contributed by atoms with Crippen molar-refractivity contribution in [3.8, 4) is 0 Å². The van der Waals surface area contributed by atoms with Gasteiger partial charge in [-0.1, -0.05) is 12.8 Å². The fraction of sp³-hybridized carbons (Fsp3) is 0.769. The second-order valence-corrected chi connectivity index (χ2v) is 6.37. The average Bonchev–Trinajstić information content (AvgIpc) is 2.91. The maximum Gasteiger partial charge on any atom is 0.109 e. The molecule has 2 rings (SSSR count). The van der Waals surface area contributed by atoms with Gasteiger partial charge in [-0.15, -0.1) is 11.3 Å². The van der Waals surface area contributed by atoms with E-state index in [1.807, 2.05) is 6.20 Å². The quantitative estimate of drug-likeness (QED) is 0.864. The van der Waals surface area contributed by atoms with Crippen LogP contribution in [0.15, 0.2) is 11.6 Å². The van der Waals surface area contributed by atoms with Gasteiger partial charge in [0.15, 0.2) is 0 Å². The molecule has 1 atom stereocenters. The zero-order valence-electron chi connectivity index (χ0n) is 10.5. The minimum absolute atomic E-state index is 0.238. The molecule has 1 aromatic rings. The summed E-state index contributed by atoms with van der Waals surface area (Å²) in [5.74, 6) is 0.829. The van der Waals surface area contributed by atoms with Gasteiger partial charge in [0.05, 0.1) is 6.04 Å². The summed E-state index contributed by atoms with van der Waals surface area (Å²) >= 11 is 1.74. The van der Waals surface area contributed by atoms with E-state index >= 15 is 0 Å². The minimum atomic E-state index is 0.238. The molecule has 1 aromatic heterocycles. The van der Waals surface area contributed by atoms with Gasteiger partial charge in [-0.25, -0.2) is 4.98 Å². The Morgan fingerprint density at radius 1 is 1.44 bits per heavy atom. The molecule has 0 saturated heterocycles. The standard InChI is InChI=1S/C13H22N2S/c1-10(12-14-8-9-16-12)15-13(2,3)11-6-4-5-7-11/h8-11,15H,4-7H2,1-3H3. The molecule has 16 heavy (non-hydrogen) atoms. The van der Waals surface area contributed by atoms with E-state index in [4.69, 9.17) is 0 Å². The van der Waals surface area contributed by atoms with Crippen LogP contribution >= 0.6 is 11.3 Å². The Labute approximate surface area is 102 Å². The Balaban J connectivity index is 1.97. The fourth-order valence-electron chi connectivity index (χ4n) is 2.83. The summed E-state index contributed by atoms with van der Waals surface area (Å²) in [6, 6.07) is 0.371. The summed E-state index contributed by atoms with van der Waals surface area (Å²) < 4.78 is 0. The van der Waals surface area contributed by atoms with Crippen LogP contribution in [-0.4, -0.2) is 10.5 Å². The molecule has 0 radical (unpaired) electrons. The first kappa shape index (κ1) is 12.1. The van der Waals surface area contributed by atoms with E-state index in [2.05, 4.69) is 36.5 Å². The molecular formula is C13H22N2S. The van der Waals surface area contributed by atoms with E-state index in [1.165, 1.54) is 30.7 Å². The van der Waals surface area contributed by atoms with Crippen LogP contribution in [0.1, 0.15) is 57.5 Å². The van der Waals surface area contributed by atoms with Crippen molar-refractivity contribution in [1.82, 2.24) is 10.3 Å². The van der Waals surface area contributed by atoms with Crippen LogP contribution < -0.4 is 5.32 Å². The molecule has 0 aliphatic heterocycles. The Morgan fingerprint density at radius 3 is 2.69 bits per heavy atom. The summed E-state index contributed by atoms with van der Waals surface area (Å²) in [7, 11) is 0. The molecule has 1 heterocycles. The molecule has 1 unspecified atom stereocenters. The summed E-state index contributed by atoms with van der Waals surface area (Å²) in [5.41, 5.74) is 0.238. The van der Waals surface area contributed by atoms with E-state index in [0.717, 1.165) is 5.92 Å².